The maximum Gasteiger partial charge on any atom is 0.315 e. The summed E-state index contributed by atoms with van der Waals surface area (Å²) in [7, 11) is -1.27. The molecule has 0 spiro atoms. The van der Waals surface area contributed by atoms with Crippen LogP contribution in [0.15, 0.2) is 0 Å². The molecule has 0 unspecified atom stereocenters. The molecule has 1 N–H and O–H groups in total. The molecule has 0 aliphatic rings. The van der Waals surface area contributed by atoms with Crippen LogP contribution in [0.25, 0.3) is 0 Å². The fourth-order valence-corrected chi connectivity index (χ4v) is 10.8. The van der Waals surface area contributed by atoms with Crippen molar-refractivity contribution >= 4 is 37.2 Å². The van der Waals surface area contributed by atoms with E-state index in [2.05, 4.69) is 24.3 Å². The fraction of sp³-hybridized carbons (Fsp3) is 1.00. The molecule has 0 saturated carbocycles. The minimum Gasteiger partial charge on any atom is -0.335 e. The van der Waals surface area contributed by atoms with Crippen molar-refractivity contribution in [3.05, 3.63) is 0 Å². The lowest BCUT2D eigenvalue weighted by Crippen LogP contribution is -2.54. The molecule has 0 saturated heterocycles. The lowest BCUT2D eigenvalue weighted by molar-refractivity contribution is 1.30. The highest BCUT2D eigenvalue weighted by Crippen LogP contribution is 2.18. The van der Waals surface area contributed by atoms with Crippen LogP contribution >= 0.6 is 22.2 Å². The van der Waals surface area contributed by atoms with Gasteiger partial charge in [-0.25, -0.2) is 0 Å². The first-order valence-corrected chi connectivity index (χ1v) is 11.2. The zero-order valence-corrected chi connectivity index (χ0v) is 10.5. The summed E-state index contributed by atoms with van der Waals surface area (Å²) < 4.78 is 3.35. The molecule has 0 radical (unpaired) electrons. The third kappa shape index (κ3) is 5.74. The van der Waals surface area contributed by atoms with E-state index >= 15 is 0 Å². The number of hydrogen-bond acceptors (Lipinski definition) is 1. The summed E-state index contributed by atoms with van der Waals surface area (Å²) in [5.74, 6) is 0. The molecule has 5 heteroatoms. The van der Waals surface area contributed by atoms with Crippen molar-refractivity contribution in [1.29, 1.82) is 0 Å². The second kappa shape index (κ2) is 3.58. The molecule has 0 rings (SSSR count). The Morgan fingerprint density at radius 1 is 1.20 bits per heavy atom. The Bertz CT molecular complexity index is 111. The topological polar surface area (TPSA) is 12.0 Å². The third-order valence-corrected chi connectivity index (χ3v) is 9.66. The number of halogens is 2. The first-order chi connectivity index (χ1) is 4.27. The fourth-order valence-electron chi connectivity index (χ4n) is 0.637. The van der Waals surface area contributed by atoms with Crippen LogP contribution in [0.1, 0.15) is 6.92 Å². The Labute approximate surface area is 74.7 Å². The van der Waals surface area contributed by atoms with Gasteiger partial charge in [-0.05, 0) is 6.04 Å². The van der Waals surface area contributed by atoms with Crippen molar-refractivity contribution in [2.75, 3.05) is 0 Å². The van der Waals surface area contributed by atoms with E-state index in [1.807, 2.05) is 6.92 Å². The quantitative estimate of drug-likeness (QED) is 0.565. The van der Waals surface area contributed by atoms with E-state index in [-0.39, 0.29) is 0 Å². The molecule has 0 aromatic carbocycles. The van der Waals surface area contributed by atoms with Crippen molar-refractivity contribution in [1.82, 2.24) is 4.65 Å². The zero-order chi connectivity index (χ0) is 8.41. The lowest BCUT2D eigenvalue weighted by atomic mass is 11.0. The van der Waals surface area contributed by atoms with E-state index in [9.17, 15) is 0 Å². The van der Waals surface area contributed by atoms with Crippen LogP contribution in [0.3, 0.4) is 0 Å². The largest absolute Gasteiger partial charge is 0.335 e. The normalized spacial score (nSPS) is 13.8. The highest BCUT2D eigenvalue weighted by molar-refractivity contribution is 7.46. The summed E-state index contributed by atoms with van der Waals surface area (Å²) in [6.07, 6.45) is 0. The Hall–Kier alpha value is 0.974. The number of nitrogens with one attached hydrogen (secondary N) is 1. The molecule has 62 valence electrons. The van der Waals surface area contributed by atoms with Crippen LogP contribution < -0.4 is 4.65 Å². The van der Waals surface area contributed by atoms with Gasteiger partial charge in [-0.15, -0.1) is 22.2 Å². The Balaban J connectivity index is 3.89. The summed E-state index contributed by atoms with van der Waals surface area (Å²) >= 11 is 12.1. The van der Waals surface area contributed by atoms with Gasteiger partial charge in [0, 0.05) is 0 Å². The molecule has 0 fully saturated rings. The van der Waals surface area contributed by atoms with E-state index in [0.29, 0.717) is 0 Å². The van der Waals surface area contributed by atoms with Crippen LogP contribution in [-0.4, -0.2) is 15.1 Å². The highest BCUT2D eigenvalue weighted by atomic mass is 35.7. The Morgan fingerprint density at radius 3 is 1.70 bits per heavy atom. The molecule has 0 atom stereocenters. The molecule has 0 aromatic rings. The van der Waals surface area contributed by atoms with Gasteiger partial charge in [0.2, 0.25) is 0 Å². The van der Waals surface area contributed by atoms with Crippen LogP contribution in [0.4, 0.5) is 0 Å². The Kier molecular flexibility index (Phi) is 3.93. The van der Waals surface area contributed by atoms with E-state index in [4.69, 9.17) is 22.2 Å². The molecule has 0 bridgehead atoms. The highest BCUT2D eigenvalue weighted by Gasteiger charge is 2.31. The third-order valence-electron chi connectivity index (χ3n) is 1.00. The molecule has 0 heterocycles. The van der Waals surface area contributed by atoms with Crippen molar-refractivity contribution in [2.24, 2.45) is 0 Å². The molecule has 1 nitrogen and oxygen atoms in total. The lowest BCUT2D eigenvalue weighted by Gasteiger charge is -2.26. The van der Waals surface area contributed by atoms with Gasteiger partial charge in [-0.2, -0.15) is 0 Å². The number of hydrogen-bond donors (Lipinski definition) is 1. The first-order valence-electron chi connectivity index (χ1n) is 3.44. The van der Waals surface area contributed by atoms with Gasteiger partial charge in [-0.3, -0.25) is 0 Å². The van der Waals surface area contributed by atoms with Crippen molar-refractivity contribution < 1.29 is 0 Å². The van der Waals surface area contributed by atoms with Gasteiger partial charge in [0.05, 0.1) is 0 Å². The second-order valence-corrected chi connectivity index (χ2v) is 15.5. The molecule has 0 aliphatic heterocycles. The summed E-state index contributed by atoms with van der Waals surface area (Å²) in [5, 5.41) is 0. The van der Waals surface area contributed by atoms with E-state index < -0.39 is 15.1 Å². The summed E-state index contributed by atoms with van der Waals surface area (Å²) in [5.41, 5.74) is 0. The van der Waals surface area contributed by atoms with E-state index in [1.165, 1.54) is 0 Å². The summed E-state index contributed by atoms with van der Waals surface area (Å²) in [6, 6.07) is 0.875. The van der Waals surface area contributed by atoms with Crippen LogP contribution in [0.2, 0.25) is 25.7 Å². The van der Waals surface area contributed by atoms with Gasteiger partial charge in [-0.1, -0.05) is 26.6 Å². The van der Waals surface area contributed by atoms with E-state index in [1.54, 1.807) is 0 Å². The van der Waals surface area contributed by atoms with Crippen LogP contribution in [0, 0.1) is 0 Å². The standard InChI is InChI=1S/C5H15Cl2NSi2/c1-5-10(6,7)8-9(2,3)4/h8H,5H2,1-4H3. The van der Waals surface area contributed by atoms with Crippen molar-refractivity contribution in [3.63, 3.8) is 0 Å². The number of rotatable bonds is 3. The smallest absolute Gasteiger partial charge is 0.315 e. The monoisotopic (exact) mass is 215 g/mol. The van der Waals surface area contributed by atoms with Crippen LogP contribution in [0.5, 0.6) is 0 Å². The second-order valence-electron chi connectivity index (χ2n) is 3.43. The average molecular weight is 216 g/mol. The van der Waals surface area contributed by atoms with Crippen LogP contribution in [-0.2, 0) is 0 Å². The predicted molar refractivity (Wildman–Crippen MR) is 54.4 cm³/mol. The van der Waals surface area contributed by atoms with Crippen molar-refractivity contribution in [3.8, 4) is 0 Å². The zero-order valence-electron chi connectivity index (χ0n) is 6.96. The molecular weight excluding hydrogens is 201 g/mol. The molecule has 10 heavy (non-hydrogen) atoms. The minimum atomic E-state index is -2.06. The van der Waals surface area contributed by atoms with Gasteiger partial charge >= 0.3 is 6.86 Å². The minimum absolute atomic E-state index is 0.875. The van der Waals surface area contributed by atoms with Gasteiger partial charge in [0.1, 0.15) is 8.24 Å². The summed E-state index contributed by atoms with van der Waals surface area (Å²) in [4.78, 5) is 0. The van der Waals surface area contributed by atoms with Gasteiger partial charge < -0.3 is 4.65 Å². The SMILES string of the molecule is CC[Si](Cl)(Cl)N[Si](C)(C)C. The predicted octanol–water partition coefficient (Wildman–Crippen LogP) is 2.85. The van der Waals surface area contributed by atoms with Gasteiger partial charge in [0.25, 0.3) is 0 Å². The summed E-state index contributed by atoms with van der Waals surface area (Å²) in [6.45, 7) is 6.58. The first kappa shape index (κ1) is 11.0. The van der Waals surface area contributed by atoms with E-state index in [0.717, 1.165) is 6.04 Å². The maximum atomic E-state index is 6.03. The molecular formula is C5H15Cl2NSi2. The molecule has 0 aliphatic carbocycles. The Morgan fingerprint density at radius 2 is 1.60 bits per heavy atom. The molecule has 0 aromatic heterocycles. The average Bonchev–Trinajstić information content (AvgIpc) is 1.60. The van der Waals surface area contributed by atoms with Crippen molar-refractivity contribution in [2.45, 2.75) is 32.6 Å². The van der Waals surface area contributed by atoms with Gasteiger partial charge in [0.15, 0.2) is 0 Å². The maximum absolute atomic E-state index is 6.03. The molecule has 0 amide bonds.